The van der Waals surface area contributed by atoms with Gasteiger partial charge in [0, 0.05) is 57.0 Å². The Morgan fingerprint density at radius 2 is 1.77 bits per heavy atom. The molecule has 2 aromatic rings. The Kier molecular flexibility index (Phi) is 10.6. The van der Waals surface area contributed by atoms with Crippen molar-refractivity contribution in [2.45, 2.75) is 84.0 Å². The van der Waals surface area contributed by atoms with Crippen LogP contribution in [0.15, 0.2) is 36.7 Å². The number of anilines is 2. The Labute approximate surface area is 262 Å². The number of rotatable bonds is 9. The van der Waals surface area contributed by atoms with Crippen LogP contribution in [0, 0.1) is 11.7 Å². The molecule has 0 unspecified atom stereocenters. The van der Waals surface area contributed by atoms with Gasteiger partial charge in [-0.3, -0.25) is 14.7 Å². The highest BCUT2D eigenvalue weighted by atomic mass is 32.2. The number of amides is 1. The second-order valence-corrected chi connectivity index (χ2v) is 14.9. The second-order valence-electron chi connectivity index (χ2n) is 13.1. The van der Waals surface area contributed by atoms with Crippen molar-refractivity contribution in [1.29, 1.82) is 0 Å². The zero-order chi connectivity index (χ0) is 31.4. The third kappa shape index (κ3) is 7.97. The largest absolute Gasteiger partial charge is 0.338 e. The van der Waals surface area contributed by atoms with Crippen molar-refractivity contribution in [2.24, 2.45) is 5.92 Å². The van der Waals surface area contributed by atoms with Crippen LogP contribution in [0.5, 0.6) is 0 Å². The van der Waals surface area contributed by atoms with Crippen molar-refractivity contribution in [3.05, 3.63) is 53.6 Å². The number of carbonyl (C=O) groups is 1. The number of aromatic nitrogens is 1. The fourth-order valence-electron chi connectivity index (χ4n) is 7.41. The van der Waals surface area contributed by atoms with Crippen LogP contribution < -0.4 is 9.62 Å². The molecule has 0 bridgehead atoms. The summed E-state index contributed by atoms with van der Waals surface area (Å²) in [6.07, 6.45) is 11.1. The van der Waals surface area contributed by atoms with Crippen molar-refractivity contribution in [3.63, 3.8) is 0 Å². The van der Waals surface area contributed by atoms with Gasteiger partial charge in [-0.25, -0.2) is 17.5 Å². The number of piperidine rings is 1. The number of halogens is 1. The number of pyridine rings is 1. The van der Waals surface area contributed by atoms with Gasteiger partial charge in [0.15, 0.2) is 0 Å². The number of carbonyl (C=O) groups excluding carboxylic acids is 1. The number of nitrogens with zero attached hydrogens (tertiary/aromatic N) is 5. The van der Waals surface area contributed by atoms with Gasteiger partial charge in [-0.15, -0.1) is 0 Å². The smallest absolute Gasteiger partial charge is 0.256 e. The van der Waals surface area contributed by atoms with E-state index in [1.54, 1.807) is 11.0 Å². The molecule has 1 N–H and O–H groups in total. The Hall–Kier alpha value is -2.60. The van der Waals surface area contributed by atoms with E-state index in [0.29, 0.717) is 30.6 Å². The first-order valence-corrected chi connectivity index (χ1v) is 18.2. The number of benzene rings is 1. The molecule has 3 aliphatic rings. The van der Waals surface area contributed by atoms with E-state index in [1.807, 2.05) is 33.2 Å². The fourth-order valence-corrected chi connectivity index (χ4v) is 8.25. The minimum atomic E-state index is -3.15. The van der Waals surface area contributed by atoms with E-state index >= 15 is 0 Å². The lowest BCUT2D eigenvalue weighted by Crippen LogP contribution is -2.47. The van der Waals surface area contributed by atoms with Crippen LogP contribution in [0.4, 0.5) is 15.8 Å². The monoisotopic (exact) mass is 628 g/mol. The van der Waals surface area contributed by atoms with E-state index in [0.717, 1.165) is 82.6 Å². The molecule has 0 spiro atoms. The van der Waals surface area contributed by atoms with Gasteiger partial charge in [0.05, 0.1) is 29.4 Å². The summed E-state index contributed by atoms with van der Waals surface area (Å²) in [5.41, 5.74) is 3.25. The van der Waals surface area contributed by atoms with E-state index in [9.17, 15) is 17.6 Å². The molecule has 2 fully saturated rings. The molecule has 1 amide bonds. The Bertz CT molecular complexity index is 1390. The van der Waals surface area contributed by atoms with E-state index in [4.69, 9.17) is 0 Å². The number of hydrogen-bond donors (Lipinski definition) is 1. The number of fused-ring (bicyclic) bond motifs is 1. The van der Waals surface area contributed by atoms with E-state index in [-0.39, 0.29) is 18.0 Å². The third-order valence-corrected chi connectivity index (χ3v) is 10.4. The van der Waals surface area contributed by atoms with Gasteiger partial charge in [0.25, 0.3) is 5.91 Å². The van der Waals surface area contributed by atoms with Crippen LogP contribution in [0.2, 0.25) is 0 Å². The molecule has 1 saturated carbocycles. The molecule has 3 heterocycles. The minimum Gasteiger partial charge on any atom is -0.338 e. The molecule has 9 nitrogen and oxygen atoms in total. The number of nitrogens with one attached hydrogen (secondary N) is 1. The highest BCUT2D eigenvalue weighted by molar-refractivity contribution is 7.88. The lowest BCUT2D eigenvalue weighted by molar-refractivity contribution is 0.0717. The average Bonchev–Trinajstić information content (AvgIpc) is 3.18. The van der Waals surface area contributed by atoms with Crippen LogP contribution in [0.1, 0.15) is 75.2 Å². The summed E-state index contributed by atoms with van der Waals surface area (Å²) in [7, 11) is -3.15. The summed E-state index contributed by atoms with van der Waals surface area (Å²) in [4.78, 5) is 27.2. The number of hydrogen-bond acceptors (Lipinski definition) is 7. The number of sulfonamides is 1. The first kappa shape index (κ1) is 32.8. The van der Waals surface area contributed by atoms with Crippen LogP contribution in [0.25, 0.3) is 0 Å². The summed E-state index contributed by atoms with van der Waals surface area (Å²) in [5.74, 6) is 0.0587. The molecule has 5 rings (SSSR count). The van der Waals surface area contributed by atoms with Crippen molar-refractivity contribution in [3.8, 4) is 0 Å². The van der Waals surface area contributed by atoms with E-state index in [2.05, 4.69) is 30.5 Å². The van der Waals surface area contributed by atoms with Gasteiger partial charge in [0.1, 0.15) is 5.82 Å². The maximum absolute atomic E-state index is 14.5. The van der Waals surface area contributed by atoms with Crippen molar-refractivity contribution in [1.82, 2.24) is 24.4 Å². The lowest BCUT2D eigenvalue weighted by atomic mass is 9.85. The first-order chi connectivity index (χ1) is 21.0. The molecule has 11 heteroatoms. The van der Waals surface area contributed by atoms with Crippen LogP contribution in [-0.2, 0) is 16.6 Å². The van der Waals surface area contributed by atoms with Gasteiger partial charge in [0.2, 0.25) is 10.0 Å². The maximum atomic E-state index is 14.5. The van der Waals surface area contributed by atoms with Crippen molar-refractivity contribution < 1.29 is 17.6 Å². The third-order valence-electron chi connectivity index (χ3n) is 9.68. The van der Waals surface area contributed by atoms with Crippen LogP contribution in [0.3, 0.4) is 0 Å². The maximum Gasteiger partial charge on any atom is 0.256 e. The predicted molar refractivity (Wildman–Crippen MR) is 173 cm³/mol. The summed E-state index contributed by atoms with van der Waals surface area (Å²) in [6.45, 7) is 12.0. The van der Waals surface area contributed by atoms with Gasteiger partial charge in [-0.2, -0.15) is 0 Å². The quantitative estimate of drug-likeness (QED) is 0.434. The van der Waals surface area contributed by atoms with Crippen LogP contribution in [-0.4, -0.2) is 97.7 Å². The fraction of sp³-hybridized carbons (Fsp3) is 0.636. The molecular formula is C33H49FN6O3S. The SMILES string of the molecule is CCN(C(=O)c1cc(F)ccc1N1CCN(C2CCN(CC3CCC(NS(C)(=O)=O)CC3)CC2)Cc2ccncc21)C(C)C. The predicted octanol–water partition coefficient (Wildman–Crippen LogP) is 4.62. The number of likely N-dealkylation sites (tertiary alicyclic amines) is 1. The molecule has 44 heavy (non-hydrogen) atoms. The van der Waals surface area contributed by atoms with E-state index in [1.165, 1.54) is 24.0 Å². The molecule has 2 aliphatic heterocycles. The van der Waals surface area contributed by atoms with Gasteiger partial charge < -0.3 is 14.7 Å². The molecular weight excluding hydrogens is 579 g/mol. The van der Waals surface area contributed by atoms with Crippen LogP contribution >= 0.6 is 0 Å². The standard InChI is InChI=1S/C33H49FN6O3S/c1-5-39(24(2)3)33(41)30-20-27(34)8-11-31(30)40-19-18-38(23-26-12-15-35-21-32(26)40)29-13-16-37(17-14-29)22-25-6-9-28(10-7-25)36-44(4,42)43/h8,11-12,15,20-21,24-25,28-29,36H,5-7,9-10,13-14,16-19,22-23H2,1-4H3. The molecule has 0 radical (unpaired) electrons. The highest BCUT2D eigenvalue weighted by Crippen LogP contribution is 2.36. The normalized spacial score (nSPS) is 22.5. The van der Waals surface area contributed by atoms with E-state index < -0.39 is 15.8 Å². The topological polar surface area (TPSA) is 89.1 Å². The van der Waals surface area contributed by atoms with Gasteiger partial charge in [-0.1, -0.05) is 0 Å². The molecule has 1 aromatic carbocycles. The van der Waals surface area contributed by atoms with Gasteiger partial charge >= 0.3 is 0 Å². The molecule has 0 atom stereocenters. The Morgan fingerprint density at radius 3 is 2.43 bits per heavy atom. The molecule has 1 saturated heterocycles. The zero-order valence-electron chi connectivity index (χ0n) is 26.7. The molecule has 242 valence electrons. The zero-order valence-corrected chi connectivity index (χ0v) is 27.5. The van der Waals surface area contributed by atoms with Gasteiger partial charge in [-0.05, 0) is 108 Å². The Balaban J connectivity index is 1.24. The molecule has 1 aliphatic carbocycles. The summed E-state index contributed by atoms with van der Waals surface area (Å²) < 4.78 is 40.5. The Morgan fingerprint density at radius 1 is 1.05 bits per heavy atom. The summed E-state index contributed by atoms with van der Waals surface area (Å²) >= 11 is 0. The second kappa shape index (κ2) is 14.2. The van der Waals surface area contributed by atoms with Crippen molar-refractivity contribution >= 4 is 27.3 Å². The average molecular weight is 629 g/mol. The molecule has 1 aromatic heterocycles. The highest BCUT2D eigenvalue weighted by Gasteiger charge is 2.32. The summed E-state index contributed by atoms with van der Waals surface area (Å²) in [5, 5.41) is 0. The summed E-state index contributed by atoms with van der Waals surface area (Å²) in [6, 6.07) is 7.20. The lowest BCUT2D eigenvalue weighted by Gasteiger charge is -2.40. The minimum absolute atomic E-state index is 0.00924. The van der Waals surface area contributed by atoms with Crippen molar-refractivity contribution in [2.75, 3.05) is 50.4 Å². The first-order valence-electron chi connectivity index (χ1n) is 16.3.